The van der Waals surface area contributed by atoms with Gasteiger partial charge < -0.3 is 14.8 Å². The minimum atomic E-state index is -0.492. The Hall–Kier alpha value is -3.63. The third kappa shape index (κ3) is 6.46. The number of hydrogen-bond donors (Lipinski definition) is 1. The van der Waals surface area contributed by atoms with Crippen LogP contribution in [0.4, 0.5) is 10.1 Å². The monoisotopic (exact) mass is 522 g/mol. The van der Waals surface area contributed by atoms with Gasteiger partial charge in [0.2, 0.25) is 0 Å². The van der Waals surface area contributed by atoms with Crippen LogP contribution in [0.15, 0.2) is 70.7 Å². The van der Waals surface area contributed by atoms with Crippen molar-refractivity contribution in [1.29, 1.82) is 5.26 Å². The molecule has 3 aromatic rings. The van der Waals surface area contributed by atoms with Crippen LogP contribution < -0.4 is 14.8 Å². The topological polar surface area (TPSA) is 71.3 Å². The van der Waals surface area contributed by atoms with Gasteiger partial charge in [0.25, 0.3) is 5.91 Å². The fraction of sp³-hybridized carbons (Fsp3) is 0.185. The van der Waals surface area contributed by atoms with E-state index >= 15 is 0 Å². The zero-order valence-corrected chi connectivity index (χ0v) is 20.5. The number of carbonyl (C=O) groups excluding carboxylic acids is 1. The number of benzene rings is 3. The number of nitrogens with one attached hydrogen (secondary N) is 1. The van der Waals surface area contributed by atoms with Crippen molar-refractivity contribution in [1.82, 2.24) is 0 Å². The van der Waals surface area contributed by atoms with Gasteiger partial charge in [-0.15, -0.1) is 0 Å². The molecule has 174 valence electrons. The van der Waals surface area contributed by atoms with Crippen molar-refractivity contribution in [3.63, 3.8) is 0 Å². The molecule has 0 heterocycles. The maximum Gasteiger partial charge on any atom is 0.266 e. The average molecular weight is 523 g/mol. The van der Waals surface area contributed by atoms with Gasteiger partial charge in [-0.1, -0.05) is 37.3 Å². The fourth-order valence-electron chi connectivity index (χ4n) is 3.27. The molecule has 0 saturated carbocycles. The number of amides is 1. The van der Waals surface area contributed by atoms with Gasteiger partial charge in [0.1, 0.15) is 24.1 Å². The molecule has 34 heavy (non-hydrogen) atoms. The third-order valence-electron chi connectivity index (χ3n) is 4.95. The minimum Gasteiger partial charge on any atom is -0.490 e. The van der Waals surface area contributed by atoms with Crippen molar-refractivity contribution in [2.75, 3.05) is 11.9 Å². The number of anilines is 1. The predicted octanol–water partition coefficient (Wildman–Crippen LogP) is 6.67. The van der Waals surface area contributed by atoms with Crippen molar-refractivity contribution in [3.8, 4) is 17.6 Å². The summed E-state index contributed by atoms with van der Waals surface area (Å²) in [5.41, 5.74) is 3.02. The molecule has 0 fully saturated rings. The highest BCUT2D eigenvalue weighted by molar-refractivity contribution is 9.10. The fourth-order valence-corrected chi connectivity index (χ4v) is 3.84. The van der Waals surface area contributed by atoms with E-state index in [-0.39, 0.29) is 18.0 Å². The first-order valence-corrected chi connectivity index (χ1v) is 11.6. The summed E-state index contributed by atoms with van der Waals surface area (Å²) in [5, 5.41) is 12.4. The molecule has 0 aromatic heterocycles. The molecule has 5 nitrogen and oxygen atoms in total. The van der Waals surface area contributed by atoms with Crippen LogP contribution in [-0.2, 0) is 17.8 Å². The largest absolute Gasteiger partial charge is 0.490 e. The van der Waals surface area contributed by atoms with Crippen LogP contribution in [0.3, 0.4) is 0 Å². The number of carbonyl (C=O) groups is 1. The second-order valence-electron chi connectivity index (χ2n) is 7.31. The molecular weight excluding hydrogens is 499 g/mol. The van der Waals surface area contributed by atoms with Crippen molar-refractivity contribution in [2.24, 2.45) is 0 Å². The second-order valence-corrected chi connectivity index (χ2v) is 8.17. The third-order valence-corrected chi connectivity index (χ3v) is 5.54. The number of para-hydroxylation sites is 1. The van der Waals surface area contributed by atoms with Crippen molar-refractivity contribution < 1.29 is 18.7 Å². The maximum absolute atomic E-state index is 13.1. The molecule has 1 N–H and O–H groups in total. The molecule has 0 atom stereocenters. The number of nitrogens with zero attached hydrogens (tertiary/aromatic N) is 1. The lowest BCUT2D eigenvalue weighted by molar-refractivity contribution is -0.112. The molecule has 0 radical (unpaired) electrons. The zero-order valence-electron chi connectivity index (χ0n) is 18.9. The summed E-state index contributed by atoms with van der Waals surface area (Å²) < 4.78 is 25.4. The van der Waals surface area contributed by atoms with E-state index in [2.05, 4.69) is 21.2 Å². The molecule has 0 spiro atoms. The molecule has 7 heteroatoms. The second kappa shape index (κ2) is 12.0. The number of aryl methyl sites for hydroxylation is 1. The lowest BCUT2D eigenvalue weighted by Gasteiger charge is -2.15. The van der Waals surface area contributed by atoms with Crippen molar-refractivity contribution in [3.05, 3.63) is 93.2 Å². The van der Waals surface area contributed by atoms with Gasteiger partial charge in [-0.3, -0.25) is 4.79 Å². The molecule has 0 aliphatic carbocycles. The molecule has 1 amide bonds. The number of hydrogen-bond acceptors (Lipinski definition) is 4. The standard InChI is InChI=1S/C27H24BrFN2O3/c1-3-20-7-5-6-8-24(20)31-27(32)21(16-30)13-19-14-23(28)26(25(15-19)33-4-2)34-17-18-9-11-22(29)12-10-18/h5-15H,3-4,17H2,1-2H3,(H,31,32)/b21-13+. The summed E-state index contributed by atoms with van der Waals surface area (Å²) in [7, 11) is 0. The van der Waals surface area contributed by atoms with E-state index in [0.717, 1.165) is 17.5 Å². The molecule has 0 unspecified atom stereocenters. The molecule has 0 aliphatic heterocycles. The average Bonchev–Trinajstić information content (AvgIpc) is 2.83. The summed E-state index contributed by atoms with van der Waals surface area (Å²) in [6.07, 6.45) is 2.26. The summed E-state index contributed by atoms with van der Waals surface area (Å²) in [5.74, 6) is 0.128. The molecule has 3 aromatic carbocycles. The lowest BCUT2D eigenvalue weighted by Crippen LogP contribution is -2.14. The van der Waals surface area contributed by atoms with Crippen LogP contribution in [0.1, 0.15) is 30.5 Å². The van der Waals surface area contributed by atoms with Gasteiger partial charge in [-0.25, -0.2) is 4.39 Å². The van der Waals surface area contributed by atoms with Gasteiger partial charge >= 0.3 is 0 Å². The van der Waals surface area contributed by atoms with Crippen LogP contribution in [0, 0.1) is 17.1 Å². The van der Waals surface area contributed by atoms with Gasteiger partial charge in [-0.05, 0) is 82.4 Å². The maximum atomic E-state index is 13.1. The van der Waals surface area contributed by atoms with Gasteiger partial charge in [0.15, 0.2) is 11.5 Å². The van der Waals surface area contributed by atoms with Gasteiger partial charge in [0.05, 0.1) is 11.1 Å². The Labute approximate surface area is 207 Å². The van der Waals surface area contributed by atoms with Gasteiger partial charge in [-0.2, -0.15) is 5.26 Å². The minimum absolute atomic E-state index is 0.0414. The van der Waals surface area contributed by atoms with Crippen molar-refractivity contribution >= 4 is 33.6 Å². The van der Waals surface area contributed by atoms with Crippen LogP contribution in [0.5, 0.6) is 11.5 Å². The molecule has 3 rings (SSSR count). The molecule has 0 bridgehead atoms. The predicted molar refractivity (Wildman–Crippen MR) is 134 cm³/mol. The molecular formula is C27H24BrFN2O3. The van der Waals surface area contributed by atoms with Crippen LogP contribution >= 0.6 is 15.9 Å². The SMILES string of the molecule is CCOc1cc(/C=C(\C#N)C(=O)Nc2ccccc2CC)cc(Br)c1OCc1ccc(F)cc1. The summed E-state index contributed by atoms with van der Waals surface area (Å²) in [6, 6.07) is 18.9. The van der Waals surface area contributed by atoms with Crippen molar-refractivity contribution in [2.45, 2.75) is 26.9 Å². The highest BCUT2D eigenvalue weighted by Gasteiger charge is 2.15. The van der Waals surface area contributed by atoms with Crippen LogP contribution in [-0.4, -0.2) is 12.5 Å². The van der Waals surface area contributed by atoms with E-state index < -0.39 is 5.91 Å². The Morgan fingerprint density at radius 1 is 1.12 bits per heavy atom. The summed E-state index contributed by atoms with van der Waals surface area (Å²) in [6.45, 7) is 4.46. The van der Waals surface area contributed by atoms with E-state index in [0.29, 0.717) is 33.8 Å². The first kappa shape index (κ1) is 25.0. The van der Waals surface area contributed by atoms with E-state index in [4.69, 9.17) is 9.47 Å². The highest BCUT2D eigenvalue weighted by Crippen LogP contribution is 2.38. The Bertz CT molecular complexity index is 1230. The quantitative estimate of drug-likeness (QED) is 0.251. The lowest BCUT2D eigenvalue weighted by atomic mass is 10.1. The number of rotatable bonds is 9. The number of ether oxygens (including phenoxy) is 2. The summed E-state index contributed by atoms with van der Waals surface area (Å²) >= 11 is 3.50. The van der Waals surface area contributed by atoms with E-state index in [1.807, 2.05) is 44.2 Å². The number of halogens is 2. The van der Waals surface area contributed by atoms with Crippen LogP contribution in [0.25, 0.3) is 6.08 Å². The summed E-state index contributed by atoms with van der Waals surface area (Å²) in [4.78, 5) is 12.8. The molecule has 0 aliphatic rings. The Kier molecular flexibility index (Phi) is 8.83. The Morgan fingerprint density at radius 3 is 2.53 bits per heavy atom. The first-order valence-electron chi connectivity index (χ1n) is 10.8. The zero-order chi connectivity index (χ0) is 24.5. The van der Waals surface area contributed by atoms with E-state index in [1.165, 1.54) is 18.2 Å². The Morgan fingerprint density at radius 2 is 1.85 bits per heavy atom. The van der Waals surface area contributed by atoms with Crippen LogP contribution in [0.2, 0.25) is 0 Å². The normalized spacial score (nSPS) is 11.0. The van der Waals surface area contributed by atoms with E-state index in [9.17, 15) is 14.4 Å². The first-order chi connectivity index (χ1) is 16.4. The van der Waals surface area contributed by atoms with E-state index in [1.54, 1.807) is 24.3 Å². The molecule has 0 saturated heterocycles. The number of nitriles is 1. The highest BCUT2D eigenvalue weighted by atomic mass is 79.9. The Balaban J connectivity index is 1.85. The smallest absolute Gasteiger partial charge is 0.266 e. The van der Waals surface area contributed by atoms with Gasteiger partial charge in [0, 0.05) is 5.69 Å².